The van der Waals surface area contributed by atoms with Crippen LogP contribution < -0.4 is 0 Å². The maximum atomic E-state index is 11.5. The molecule has 0 aliphatic heterocycles. The molecule has 0 amide bonds. The summed E-state index contributed by atoms with van der Waals surface area (Å²) in [4.78, 5) is 11.5. The molecule has 15 heavy (non-hydrogen) atoms. The Morgan fingerprint density at radius 1 is 1.33 bits per heavy atom. The molecule has 0 aliphatic rings. The van der Waals surface area contributed by atoms with Gasteiger partial charge in [-0.05, 0) is 24.3 Å². The van der Waals surface area contributed by atoms with E-state index in [9.17, 15) is 9.00 Å². The zero-order valence-electron chi connectivity index (χ0n) is 7.98. The number of carbonyl (C=O) groups excluding carboxylic acids is 1. The van der Waals surface area contributed by atoms with E-state index >= 15 is 0 Å². The summed E-state index contributed by atoms with van der Waals surface area (Å²) in [5.41, 5.74) is 0.491. The third kappa shape index (κ3) is 4.11. The van der Waals surface area contributed by atoms with E-state index in [0.29, 0.717) is 10.6 Å². The third-order valence-electron chi connectivity index (χ3n) is 1.78. The van der Waals surface area contributed by atoms with Crippen LogP contribution in [0.4, 0.5) is 0 Å². The van der Waals surface area contributed by atoms with E-state index in [2.05, 4.69) is 0 Å². The van der Waals surface area contributed by atoms with E-state index in [1.165, 1.54) is 0 Å². The molecule has 1 rings (SSSR count). The summed E-state index contributed by atoms with van der Waals surface area (Å²) < 4.78 is 11.2. The second-order valence-electron chi connectivity index (χ2n) is 2.94. The fraction of sp³-hybridized carbons (Fsp3) is 0.300. The molecule has 0 saturated heterocycles. The summed E-state index contributed by atoms with van der Waals surface area (Å²) in [6.45, 7) is -0.166. The topological polar surface area (TPSA) is 54.4 Å². The summed E-state index contributed by atoms with van der Waals surface area (Å²) in [5.74, 6) is -0.111. The Balaban J connectivity index is 2.61. The SMILES string of the molecule is O=C(CS(=O)CCO)c1ccc(Cl)cc1. The maximum absolute atomic E-state index is 11.5. The number of halogens is 1. The Kier molecular flexibility index (Phi) is 4.94. The zero-order chi connectivity index (χ0) is 11.3. The highest BCUT2D eigenvalue weighted by molar-refractivity contribution is 7.85. The molecule has 1 atom stereocenters. The van der Waals surface area contributed by atoms with Gasteiger partial charge in [0.1, 0.15) is 0 Å². The molecule has 1 aromatic carbocycles. The molecule has 1 aromatic rings. The Bertz CT molecular complexity index is 361. The van der Waals surface area contributed by atoms with Gasteiger partial charge in [-0.15, -0.1) is 0 Å². The van der Waals surface area contributed by atoms with E-state index < -0.39 is 10.8 Å². The molecule has 1 N–H and O–H groups in total. The van der Waals surface area contributed by atoms with Gasteiger partial charge >= 0.3 is 0 Å². The van der Waals surface area contributed by atoms with Crippen molar-refractivity contribution in [3.05, 3.63) is 34.9 Å². The first-order valence-electron chi connectivity index (χ1n) is 4.38. The zero-order valence-corrected chi connectivity index (χ0v) is 9.55. The van der Waals surface area contributed by atoms with Crippen molar-refractivity contribution in [1.82, 2.24) is 0 Å². The van der Waals surface area contributed by atoms with Crippen LogP contribution in [0.15, 0.2) is 24.3 Å². The van der Waals surface area contributed by atoms with Crippen molar-refractivity contribution in [2.45, 2.75) is 0 Å². The summed E-state index contributed by atoms with van der Waals surface area (Å²) in [5, 5.41) is 9.09. The van der Waals surface area contributed by atoms with Gasteiger partial charge in [0.15, 0.2) is 5.78 Å². The van der Waals surface area contributed by atoms with Gasteiger partial charge in [0, 0.05) is 27.1 Å². The Hall–Kier alpha value is -0.710. The molecule has 0 saturated carbocycles. The average molecular weight is 247 g/mol. The minimum Gasteiger partial charge on any atom is -0.395 e. The smallest absolute Gasteiger partial charge is 0.175 e. The number of hydrogen-bond acceptors (Lipinski definition) is 3. The molecule has 0 heterocycles. The summed E-state index contributed by atoms with van der Waals surface area (Å²) in [6, 6.07) is 6.43. The second-order valence-corrected chi connectivity index (χ2v) is 4.95. The van der Waals surface area contributed by atoms with Crippen molar-refractivity contribution >= 4 is 28.2 Å². The highest BCUT2D eigenvalue weighted by Gasteiger charge is 2.09. The maximum Gasteiger partial charge on any atom is 0.175 e. The quantitative estimate of drug-likeness (QED) is 0.796. The van der Waals surface area contributed by atoms with E-state index in [1.54, 1.807) is 24.3 Å². The molecular formula is C10H11ClO3S. The molecule has 3 nitrogen and oxygen atoms in total. The van der Waals surface area contributed by atoms with Crippen LogP contribution >= 0.6 is 11.6 Å². The van der Waals surface area contributed by atoms with Crippen molar-refractivity contribution in [2.75, 3.05) is 18.1 Å². The highest BCUT2D eigenvalue weighted by atomic mass is 35.5. The lowest BCUT2D eigenvalue weighted by Gasteiger charge is -2.00. The molecule has 0 fully saturated rings. The number of aliphatic hydroxyl groups is 1. The van der Waals surface area contributed by atoms with E-state index in [-0.39, 0.29) is 23.9 Å². The molecule has 0 aliphatic carbocycles. The molecule has 0 bridgehead atoms. The van der Waals surface area contributed by atoms with Gasteiger partial charge < -0.3 is 5.11 Å². The lowest BCUT2D eigenvalue weighted by molar-refractivity contribution is 0.102. The van der Waals surface area contributed by atoms with Crippen LogP contribution in [-0.2, 0) is 10.8 Å². The standard InChI is InChI=1S/C10H11ClO3S/c11-9-3-1-8(2-4-9)10(13)7-15(14)6-5-12/h1-4,12H,5-7H2. The normalized spacial score (nSPS) is 12.4. The van der Waals surface area contributed by atoms with Crippen LogP contribution in [0, 0.1) is 0 Å². The number of hydrogen-bond donors (Lipinski definition) is 1. The summed E-state index contributed by atoms with van der Waals surface area (Å²) >= 11 is 5.67. The fourth-order valence-electron chi connectivity index (χ4n) is 1.04. The minimum atomic E-state index is -1.29. The molecule has 1 unspecified atom stereocenters. The van der Waals surface area contributed by atoms with Crippen molar-refractivity contribution in [2.24, 2.45) is 0 Å². The van der Waals surface area contributed by atoms with E-state index in [4.69, 9.17) is 16.7 Å². The Morgan fingerprint density at radius 3 is 2.47 bits per heavy atom. The highest BCUT2D eigenvalue weighted by Crippen LogP contribution is 2.10. The predicted molar refractivity (Wildman–Crippen MR) is 60.7 cm³/mol. The van der Waals surface area contributed by atoms with Gasteiger partial charge in [0.25, 0.3) is 0 Å². The third-order valence-corrected chi connectivity index (χ3v) is 3.25. The van der Waals surface area contributed by atoms with Gasteiger partial charge in [0.05, 0.1) is 12.4 Å². The van der Waals surface area contributed by atoms with Crippen molar-refractivity contribution in [3.8, 4) is 0 Å². The lowest BCUT2D eigenvalue weighted by atomic mass is 10.1. The monoisotopic (exact) mass is 246 g/mol. The lowest BCUT2D eigenvalue weighted by Crippen LogP contribution is -2.14. The van der Waals surface area contributed by atoms with Crippen molar-refractivity contribution < 1.29 is 14.1 Å². The van der Waals surface area contributed by atoms with Gasteiger partial charge in [-0.2, -0.15) is 0 Å². The molecular weight excluding hydrogens is 236 g/mol. The fourth-order valence-corrected chi connectivity index (χ4v) is 1.97. The van der Waals surface area contributed by atoms with Gasteiger partial charge in [-0.3, -0.25) is 9.00 Å². The number of rotatable bonds is 5. The first-order chi connectivity index (χ1) is 7.13. The number of aliphatic hydroxyl groups excluding tert-OH is 1. The van der Waals surface area contributed by atoms with Gasteiger partial charge in [-0.1, -0.05) is 11.6 Å². The van der Waals surface area contributed by atoms with E-state index in [0.717, 1.165) is 0 Å². The van der Waals surface area contributed by atoms with Crippen molar-refractivity contribution in [3.63, 3.8) is 0 Å². The first-order valence-corrected chi connectivity index (χ1v) is 6.24. The van der Waals surface area contributed by atoms with Gasteiger partial charge in [0.2, 0.25) is 0 Å². The van der Waals surface area contributed by atoms with Crippen LogP contribution in [0.5, 0.6) is 0 Å². The molecule has 82 valence electrons. The Labute approximate surface area is 95.5 Å². The van der Waals surface area contributed by atoms with Crippen LogP contribution in [0.3, 0.4) is 0 Å². The largest absolute Gasteiger partial charge is 0.395 e. The van der Waals surface area contributed by atoms with Crippen LogP contribution in [0.1, 0.15) is 10.4 Å². The molecule has 0 aromatic heterocycles. The van der Waals surface area contributed by atoms with Crippen molar-refractivity contribution in [1.29, 1.82) is 0 Å². The average Bonchev–Trinajstić information content (AvgIpc) is 2.18. The number of Topliss-reactive ketones (excluding diaryl/α,β-unsaturated/α-hetero) is 1. The van der Waals surface area contributed by atoms with Crippen LogP contribution in [0.2, 0.25) is 5.02 Å². The summed E-state index contributed by atoms with van der Waals surface area (Å²) in [7, 11) is -1.29. The number of benzene rings is 1. The molecule has 0 radical (unpaired) electrons. The predicted octanol–water partition coefficient (Wildman–Crippen LogP) is 1.26. The number of carbonyl (C=O) groups is 1. The first kappa shape index (κ1) is 12.4. The second kappa shape index (κ2) is 6.00. The summed E-state index contributed by atoms with van der Waals surface area (Å²) in [6.07, 6.45) is 0. The van der Waals surface area contributed by atoms with E-state index in [1.807, 2.05) is 0 Å². The van der Waals surface area contributed by atoms with Crippen LogP contribution in [-0.4, -0.2) is 33.2 Å². The van der Waals surface area contributed by atoms with Crippen LogP contribution in [0.25, 0.3) is 0 Å². The molecule has 5 heteroatoms. The minimum absolute atomic E-state index is 0.0534. The van der Waals surface area contributed by atoms with Gasteiger partial charge in [-0.25, -0.2) is 0 Å². The number of ketones is 1. The Morgan fingerprint density at radius 2 is 1.93 bits per heavy atom. The molecule has 0 spiro atoms.